The van der Waals surface area contributed by atoms with Gasteiger partial charge in [-0.05, 0) is 48.6 Å². The highest BCUT2D eigenvalue weighted by molar-refractivity contribution is 7.89. The molecule has 0 spiro atoms. The van der Waals surface area contributed by atoms with Crippen LogP contribution in [0.15, 0.2) is 52.2 Å². The van der Waals surface area contributed by atoms with Crippen molar-refractivity contribution in [1.82, 2.24) is 9.71 Å². The number of nitrogens with one attached hydrogen (secondary N) is 2. The van der Waals surface area contributed by atoms with E-state index in [-0.39, 0.29) is 22.0 Å². The van der Waals surface area contributed by atoms with E-state index in [2.05, 4.69) is 9.71 Å². The van der Waals surface area contributed by atoms with E-state index in [1.54, 1.807) is 18.2 Å². The minimum Gasteiger partial charge on any atom is -0.321 e. The Balaban J connectivity index is 1.94. The van der Waals surface area contributed by atoms with Gasteiger partial charge in [0, 0.05) is 12.1 Å². The van der Waals surface area contributed by atoms with E-state index in [1.807, 2.05) is 26.0 Å². The van der Waals surface area contributed by atoms with Gasteiger partial charge in [0.05, 0.1) is 10.5 Å². The topological polar surface area (TPSA) is 79.0 Å². The number of halogens is 1. The number of benzene rings is 2. The number of hydrogen-bond acceptors (Lipinski definition) is 3. The van der Waals surface area contributed by atoms with E-state index < -0.39 is 10.0 Å². The maximum atomic E-state index is 12.4. The molecule has 0 radical (unpaired) electrons. The van der Waals surface area contributed by atoms with Gasteiger partial charge in [0.25, 0.3) is 5.56 Å². The first-order valence-corrected chi connectivity index (χ1v) is 9.52. The number of H-pyrrole nitrogens is 1. The number of fused-ring (bicyclic) bond motifs is 1. The summed E-state index contributed by atoms with van der Waals surface area (Å²) in [5.41, 5.74) is 2.87. The van der Waals surface area contributed by atoms with Crippen LogP contribution in [-0.4, -0.2) is 13.4 Å². The van der Waals surface area contributed by atoms with Crippen LogP contribution in [0.1, 0.15) is 16.7 Å². The molecule has 25 heavy (non-hydrogen) atoms. The highest BCUT2D eigenvalue weighted by Gasteiger charge is 2.18. The quantitative estimate of drug-likeness (QED) is 0.733. The molecule has 0 atom stereocenters. The lowest BCUT2D eigenvalue weighted by molar-refractivity contribution is 0.581. The first-order chi connectivity index (χ1) is 11.8. The summed E-state index contributed by atoms with van der Waals surface area (Å²) in [6.45, 7) is 3.79. The molecule has 2 aromatic carbocycles. The fraction of sp³-hybridized carbons (Fsp3) is 0.167. The summed E-state index contributed by atoms with van der Waals surface area (Å²) in [7, 11) is -3.81. The molecule has 0 amide bonds. The number of hydrogen-bond donors (Lipinski definition) is 2. The first-order valence-electron chi connectivity index (χ1n) is 7.66. The summed E-state index contributed by atoms with van der Waals surface area (Å²) in [4.78, 5) is 15.1. The molecule has 1 aromatic heterocycles. The second kappa shape index (κ2) is 6.63. The van der Waals surface area contributed by atoms with E-state index in [4.69, 9.17) is 11.6 Å². The van der Waals surface area contributed by atoms with E-state index in [1.165, 1.54) is 12.1 Å². The lowest BCUT2D eigenvalue weighted by atomic mass is 10.0. The lowest BCUT2D eigenvalue weighted by Crippen LogP contribution is -2.27. The minimum absolute atomic E-state index is 0.0136. The number of pyridine rings is 1. The number of sulfonamides is 1. The molecule has 0 fully saturated rings. The van der Waals surface area contributed by atoms with Crippen LogP contribution in [0.3, 0.4) is 0 Å². The van der Waals surface area contributed by atoms with E-state index >= 15 is 0 Å². The predicted molar refractivity (Wildman–Crippen MR) is 99.5 cm³/mol. The zero-order chi connectivity index (χ0) is 18.2. The Morgan fingerprint density at radius 3 is 2.56 bits per heavy atom. The molecule has 0 bridgehead atoms. The van der Waals surface area contributed by atoms with Gasteiger partial charge in [-0.1, -0.05) is 35.9 Å². The van der Waals surface area contributed by atoms with Crippen molar-refractivity contribution in [1.29, 1.82) is 0 Å². The summed E-state index contributed by atoms with van der Waals surface area (Å²) in [5, 5.41) is 0.989. The predicted octanol–water partition coefficient (Wildman–Crippen LogP) is 3.28. The van der Waals surface area contributed by atoms with Crippen LogP contribution in [0.5, 0.6) is 0 Å². The third-order valence-electron chi connectivity index (χ3n) is 4.21. The molecule has 0 aliphatic heterocycles. The van der Waals surface area contributed by atoms with Gasteiger partial charge in [0.15, 0.2) is 0 Å². The molecule has 3 rings (SSSR count). The SMILES string of the molecule is Cc1ccc2cc(CNS(=O)(=O)c3ccccc3Cl)c(=O)[nH]c2c1C. The van der Waals surface area contributed by atoms with Crippen molar-refractivity contribution in [2.45, 2.75) is 25.3 Å². The number of aromatic nitrogens is 1. The number of rotatable bonds is 4. The fourth-order valence-corrected chi connectivity index (χ4v) is 4.14. The molecule has 0 aliphatic carbocycles. The van der Waals surface area contributed by atoms with Gasteiger partial charge in [0.1, 0.15) is 4.90 Å². The summed E-state index contributed by atoms with van der Waals surface area (Å²) >= 11 is 5.95. The third kappa shape index (κ3) is 3.46. The van der Waals surface area contributed by atoms with Crippen molar-refractivity contribution in [3.63, 3.8) is 0 Å². The van der Waals surface area contributed by atoms with Crippen molar-refractivity contribution < 1.29 is 8.42 Å². The van der Waals surface area contributed by atoms with Gasteiger partial charge in [0.2, 0.25) is 10.0 Å². The molecule has 0 aliphatic rings. The summed E-state index contributed by atoms with van der Waals surface area (Å²) in [6.07, 6.45) is 0. The average molecular weight is 377 g/mol. The van der Waals surface area contributed by atoms with Gasteiger partial charge in [-0.3, -0.25) is 4.79 Å². The third-order valence-corrected chi connectivity index (χ3v) is 6.11. The average Bonchev–Trinajstić information content (AvgIpc) is 2.57. The number of aryl methyl sites for hydroxylation is 2. The van der Waals surface area contributed by atoms with Crippen LogP contribution in [0.2, 0.25) is 5.02 Å². The Morgan fingerprint density at radius 2 is 1.84 bits per heavy atom. The molecular weight excluding hydrogens is 360 g/mol. The smallest absolute Gasteiger partial charge is 0.252 e. The van der Waals surface area contributed by atoms with Crippen LogP contribution in [0.4, 0.5) is 0 Å². The van der Waals surface area contributed by atoms with Crippen molar-refractivity contribution >= 4 is 32.5 Å². The maximum Gasteiger partial charge on any atom is 0.252 e. The van der Waals surface area contributed by atoms with Crippen LogP contribution >= 0.6 is 11.6 Å². The van der Waals surface area contributed by atoms with Gasteiger partial charge in [-0.15, -0.1) is 0 Å². The lowest BCUT2D eigenvalue weighted by Gasteiger charge is -2.10. The number of aromatic amines is 1. The first kappa shape index (κ1) is 17.7. The Kier molecular flexibility index (Phi) is 4.69. The largest absolute Gasteiger partial charge is 0.321 e. The minimum atomic E-state index is -3.81. The molecule has 2 N–H and O–H groups in total. The molecule has 0 unspecified atom stereocenters. The normalized spacial score (nSPS) is 11.8. The maximum absolute atomic E-state index is 12.4. The van der Waals surface area contributed by atoms with E-state index in [0.717, 1.165) is 22.0 Å². The van der Waals surface area contributed by atoms with E-state index in [9.17, 15) is 13.2 Å². The fourth-order valence-electron chi connectivity index (χ4n) is 2.61. The standard InChI is InChI=1S/C18H17ClN2O3S/c1-11-7-8-13-9-14(18(22)21-17(13)12(11)2)10-20-25(23,24)16-6-4-3-5-15(16)19/h3-9,20H,10H2,1-2H3,(H,21,22). The van der Waals surface area contributed by atoms with Crippen LogP contribution in [0, 0.1) is 13.8 Å². The monoisotopic (exact) mass is 376 g/mol. The molecule has 3 aromatic rings. The zero-order valence-electron chi connectivity index (χ0n) is 13.8. The highest BCUT2D eigenvalue weighted by Crippen LogP contribution is 2.21. The van der Waals surface area contributed by atoms with Gasteiger partial charge in [-0.25, -0.2) is 13.1 Å². The van der Waals surface area contributed by atoms with E-state index in [0.29, 0.717) is 5.56 Å². The second-order valence-electron chi connectivity index (χ2n) is 5.85. The molecular formula is C18H17ClN2O3S. The van der Waals surface area contributed by atoms with Crippen molar-refractivity contribution in [2.24, 2.45) is 0 Å². The van der Waals surface area contributed by atoms with Crippen molar-refractivity contribution in [2.75, 3.05) is 0 Å². The summed E-state index contributed by atoms with van der Waals surface area (Å²) < 4.78 is 27.2. The molecule has 0 saturated heterocycles. The Morgan fingerprint density at radius 1 is 1.12 bits per heavy atom. The van der Waals surface area contributed by atoms with Crippen molar-refractivity contribution in [3.05, 3.63) is 74.5 Å². The van der Waals surface area contributed by atoms with Crippen molar-refractivity contribution in [3.8, 4) is 0 Å². The molecule has 5 nitrogen and oxygen atoms in total. The van der Waals surface area contributed by atoms with Gasteiger partial charge >= 0.3 is 0 Å². The highest BCUT2D eigenvalue weighted by atomic mass is 35.5. The van der Waals surface area contributed by atoms with Crippen LogP contribution in [-0.2, 0) is 16.6 Å². The summed E-state index contributed by atoms with van der Waals surface area (Å²) in [5.74, 6) is 0. The molecule has 1 heterocycles. The Hall–Kier alpha value is -2.15. The molecule has 130 valence electrons. The van der Waals surface area contributed by atoms with Crippen LogP contribution in [0.25, 0.3) is 10.9 Å². The Labute approximate surface area is 150 Å². The zero-order valence-corrected chi connectivity index (χ0v) is 15.3. The van der Waals surface area contributed by atoms with Gasteiger partial charge in [-0.2, -0.15) is 0 Å². The van der Waals surface area contributed by atoms with Crippen LogP contribution < -0.4 is 10.3 Å². The molecule has 7 heteroatoms. The molecule has 0 saturated carbocycles. The van der Waals surface area contributed by atoms with Gasteiger partial charge < -0.3 is 4.98 Å². The second-order valence-corrected chi connectivity index (χ2v) is 7.99. The summed E-state index contributed by atoms with van der Waals surface area (Å²) in [6, 6.07) is 11.7. The Bertz CT molecular complexity index is 1120.